The molecule has 0 spiro atoms. The van der Waals surface area contributed by atoms with Crippen LogP contribution in [-0.2, 0) is 5.41 Å². The summed E-state index contributed by atoms with van der Waals surface area (Å²) in [5, 5.41) is 10.9. The Balaban J connectivity index is 1.75. The maximum absolute atomic E-state index is 4.40. The van der Waals surface area contributed by atoms with Crippen molar-refractivity contribution in [2.24, 2.45) is 0 Å². The Hall–Kier alpha value is -1.43. The third-order valence-corrected chi connectivity index (χ3v) is 5.06. The van der Waals surface area contributed by atoms with Crippen molar-refractivity contribution < 1.29 is 0 Å². The van der Waals surface area contributed by atoms with E-state index in [4.69, 9.17) is 0 Å². The first-order valence-electron chi connectivity index (χ1n) is 7.12. The molecule has 1 fully saturated rings. The molecule has 0 radical (unpaired) electrons. The maximum Gasteiger partial charge on any atom is 0.208 e. The molecule has 1 atom stereocenters. The Labute approximate surface area is 123 Å². The average Bonchev–Trinajstić information content (AvgIpc) is 3.10. The van der Waals surface area contributed by atoms with E-state index >= 15 is 0 Å². The van der Waals surface area contributed by atoms with E-state index in [1.165, 1.54) is 12.8 Å². The molecule has 3 heterocycles. The number of piperidine rings is 1. The van der Waals surface area contributed by atoms with Crippen LogP contribution in [0.15, 0.2) is 12.4 Å². The molecule has 20 heavy (non-hydrogen) atoms. The molecule has 1 aliphatic heterocycles. The lowest BCUT2D eigenvalue weighted by atomic mass is 9.98. The summed E-state index contributed by atoms with van der Waals surface area (Å²) in [7, 11) is 0. The molecule has 0 saturated carbocycles. The number of aromatic amines is 1. The molecular weight excluding hydrogens is 270 g/mol. The Morgan fingerprint density at radius 2 is 2.20 bits per heavy atom. The van der Waals surface area contributed by atoms with E-state index in [9.17, 15) is 0 Å². The van der Waals surface area contributed by atoms with Gasteiger partial charge in [-0.1, -0.05) is 32.1 Å². The van der Waals surface area contributed by atoms with Crippen LogP contribution < -0.4 is 4.90 Å². The Morgan fingerprint density at radius 1 is 1.35 bits per heavy atom. The molecule has 1 unspecified atom stereocenters. The van der Waals surface area contributed by atoms with Crippen molar-refractivity contribution in [3.8, 4) is 0 Å². The number of nitrogens with zero attached hydrogens (tertiary/aromatic N) is 4. The highest BCUT2D eigenvalue weighted by atomic mass is 32.1. The van der Waals surface area contributed by atoms with Crippen LogP contribution in [0, 0.1) is 0 Å². The number of imidazole rings is 1. The SMILES string of the molecule is CC(C)(C)c1nnc(N2CCCC(c3ncc[nH]3)C2)s1. The van der Waals surface area contributed by atoms with E-state index in [1.54, 1.807) is 11.3 Å². The van der Waals surface area contributed by atoms with E-state index in [-0.39, 0.29) is 5.41 Å². The number of aromatic nitrogens is 4. The quantitative estimate of drug-likeness (QED) is 0.924. The lowest BCUT2D eigenvalue weighted by molar-refractivity contribution is 0.493. The summed E-state index contributed by atoms with van der Waals surface area (Å²) in [6.45, 7) is 8.58. The van der Waals surface area contributed by atoms with Crippen LogP contribution in [0.4, 0.5) is 5.13 Å². The van der Waals surface area contributed by atoms with Crippen molar-refractivity contribution in [2.75, 3.05) is 18.0 Å². The van der Waals surface area contributed by atoms with Crippen molar-refractivity contribution in [3.05, 3.63) is 23.2 Å². The molecule has 0 bridgehead atoms. The van der Waals surface area contributed by atoms with Gasteiger partial charge in [0.25, 0.3) is 0 Å². The lowest BCUT2D eigenvalue weighted by Gasteiger charge is -2.31. The highest BCUT2D eigenvalue weighted by molar-refractivity contribution is 7.15. The number of anilines is 1. The van der Waals surface area contributed by atoms with Gasteiger partial charge < -0.3 is 9.88 Å². The maximum atomic E-state index is 4.40. The minimum absolute atomic E-state index is 0.0755. The predicted molar refractivity (Wildman–Crippen MR) is 81.4 cm³/mol. The molecular formula is C14H21N5S. The molecule has 0 amide bonds. The lowest BCUT2D eigenvalue weighted by Crippen LogP contribution is -2.34. The van der Waals surface area contributed by atoms with Gasteiger partial charge in [0.05, 0.1) is 0 Å². The number of nitrogens with one attached hydrogen (secondary N) is 1. The van der Waals surface area contributed by atoms with Crippen LogP contribution in [0.25, 0.3) is 0 Å². The summed E-state index contributed by atoms with van der Waals surface area (Å²) in [5.74, 6) is 1.57. The fraction of sp³-hybridized carbons (Fsp3) is 0.643. The van der Waals surface area contributed by atoms with Gasteiger partial charge in [0.15, 0.2) is 0 Å². The molecule has 6 heteroatoms. The summed E-state index contributed by atoms with van der Waals surface area (Å²) >= 11 is 1.72. The van der Waals surface area contributed by atoms with Gasteiger partial charge in [-0.15, -0.1) is 10.2 Å². The molecule has 5 nitrogen and oxygen atoms in total. The molecule has 3 rings (SSSR count). The van der Waals surface area contributed by atoms with Crippen molar-refractivity contribution in [1.29, 1.82) is 0 Å². The van der Waals surface area contributed by atoms with Crippen LogP contribution in [-0.4, -0.2) is 33.3 Å². The van der Waals surface area contributed by atoms with Gasteiger partial charge in [0.1, 0.15) is 10.8 Å². The second-order valence-corrected chi connectivity index (χ2v) is 7.36. The molecule has 108 valence electrons. The molecule has 1 N–H and O–H groups in total. The molecule has 1 saturated heterocycles. The zero-order chi connectivity index (χ0) is 14.2. The number of hydrogen-bond donors (Lipinski definition) is 1. The van der Waals surface area contributed by atoms with E-state index in [1.807, 2.05) is 12.4 Å². The fourth-order valence-corrected chi connectivity index (χ4v) is 3.46. The third kappa shape index (κ3) is 2.70. The topological polar surface area (TPSA) is 57.7 Å². The van der Waals surface area contributed by atoms with Gasteiger partial charge in [0, 0.05) is 36.8 Å². The zero-order valence-corrected chi connectivity index (χ0v) is 13.1. The van der Waals surface area contributed by atoms with Gasteiger partial charge in [0.2, 0.25) is 5.13 Å². The van der Waals surface area contributed by atoms with Crippen LogP contribution in [0.1, 0.15) is 50.4 Å². The smallest absolute Gasteiger partial charge is 0.208 e. The number of hydrogen-bond acceptors (Lipinski definition) is 5. The van der Waals surface area contributed by atoms with Crippen molar-refractivity contribution in [2.45, 2.75) is 44.9 Å². The summed E-state index contributed by atoms with van der Waals surface area (Å²) in [4.78, 5) is 9.99. The normalized spacial score (nSPS) is 20.4. The third-order valence-electron chi connectivity index (χ3n) is 3.65. The summed E-state index contributed by atoms with van der Waals surface area (Å²) in [6.07, 6.45) is 6.10. The molecule has 0 aliphatic carbocycles. The first kappa shape index (κ1) is 13.5. The first-order chi connectivity index (χ1) is 9.54. The zero-order valence-electron chi connectivity index (χ0n) is 12.3. The molecule has 0 aromatic carbocycles. The summed E-state index contributed by atoms with van der Waals surface area (Å²) in [6, 6.07) is 0. The minimum Gasteiger partial charge on any atom is -0.348 e. The van der Waals surface area contributed by atoms with Gasteiger partial charge in [-0.2, -0.15) is 0 Å². The largest absolute Gasteiger partial charge is 0.348 e. The molecule has 2 aromatic rings. The van der Waals surface area contributed by atoms with Crippen LogP contribution in [0.5, 0.6) is 0 Å². The highest BCUT2D eigenvalue weighted by Gasteiger charge is 2.27. The van der Waals surface area contributed by atoms with E-state index in [0.717, 1.165) is 29.1 Å². The van der Waals surface area contributed by atoms with Crippen LogP contribution in [0.3, 0.4) is 0 Å². The van der Waals surface area contributed by atoms with Crippen molar-refractivity contribution in [1.82, 2.24) is 20.2 Å². The van der Waals surface area contributed by atoms with Crippen LogP contribution in [0.2, 0.25) is 0 Å². The highest BCUT2D eigenvalue weighted by Crippen LogP contribution is 2.33. The average molecular weight is 291 g/mol. The summed E-state index contributed by atoms with van der Waals surface area (Å²) < 4.78 is 0. The Morgan fingerprint density at radius 3 is 2.85 bits per heavy atom. The summed E-state index contributed by atoms with van der Waals surface area (Å²) in [5.41, 5.74) is 0.0755. The molecule has 2 aromatic heterocycles. The van der Waals surface area contributed by atoms with Gasteiger partial charge in [-0.25, -0.2) is 4.98 Å². The van der Waals surface area contributed by atoms with E-state index in [2.05, 4.69) is 45.8 Å². The molecule has 1 aliphatic rings. The van der Waals surface area contributed by atoms with Crippen LogP contribution >= 0.6 is 11.3 Å². The van der Waals surface area contributed by atoms with Crippen molar-refractivity contribution >= 4 is 16.5 Å². The fourth-order valence-electron chi connectivity index (χ4n) is 2.52. The number of rotatable bonds is 2. The minimum atomic E-state index is 0.0755. The Bertz CT molecular complexity index is 554. The monoisotopic (exact) mass is 291 g/mol. The van der Waals surface area contributed by atoms with Gasteiger partial charge in [-0.05, 0) is 12.8 Å². The van der Waals surface area contributed by atoms with Crippen molar-refractivity contribution in [3.63, 3.8) is 0 Å². The van der Waals surface area contributed by atoms with E-state index < -0.39 is 0 Å². The van der Waals surface area contributed by atoms with Gasteiger partial charge >= 0.3 is 0 Å². The van der Waals surface area contributed by atoms with Gasteiger partial charge in [-0.3, -0.25) is 0 Å². The second-order valence-electron chi connectivity index (χ2n) is 6.40. The second kappa shape index (κ2) is 5.16. The Kier molecular flexibility index (Phi) is 3.50. The number of H-pyrrole nitrogens is 1. The van der Waals surface area contributed by atoms with E-state index in [0.29, 0.717) is 5.92 Å². The first-order valence-corrected chi connectivity index (χ1v) is 7.94. The predicted octanol–water partition coefficient (Wildman–Crippen LogP) is 2.94. The standard InChI is InChI=1S/C14H21N5S/c1-14(2,3)12-17-18-13(20-12)19-8-4-5-10(9-19)11-15-6-7-16-11/h6-7,10H,4-5,8-9H2,1-3H3,(H,15,16).